The quantitative estimate of drug-likeness (QED) is 0.828. The van der Waals surface area contributed by atoms with E-state index in [0.717, 1.165) is 6.54 Å². The van der Waals surface area contributed by atoms with E-state index < -0.39 is 6.17 Å². The summed E-state index contributed by atoms with van der Waals surface area (Å²) in [4.78, 5) is 3.44. The first-order chi connectivity index (χ1) is 6.79. The third kappa shape index (κ3) is 2.13. The molecule has 1 aromatic rings. The number of halogens is 1. The van der Waals surface area contributed by atoms with Crippen molar-refractivity contribution in [1.82, 2.24) is 4.90 Å². The number of nitrogens with zero attached hydrogens (tertiary/aromatic N) is 1. The summed E-state index contributed by atoms with van der Waals surface area (Å²) < 4.78 is 13.1. The number of nitrogens with two attached hydrogens (primary N) is 1. The van der Waals surface area contributed by atoms with Gasteiger partial charge in [0.05, 0.1) is 0 Å². The van der Waals surface area contributed by atoms with E-state index in [0.29, 0.717) is 19.5 Å². The third-order valence-corrected chi connectivity index (χ3v) is 3.55. The Bertz CT molecular complexity index is 276. The van der Waals surface area contributed by atoms with Gasteiger partial charge in [0.15, 0.2) is 0 Å². The number of alkyl halides is 1. The van der Waals surface area contributed by atoms with Crippen LogP contribution in [0.4, 0.5) is 4.39 Å². The first-order valence-corrected chi connectivity index (χ1v) is 5.78. The van der Waals surface area contributed by atoms with Crippen LogP contribution < -0.4 is 5.73 Å². The molecule has 0 aromatic carbocycles. The van der Waals surface area contributed by atoms with E-state index in [9.17, 15) is 4.39 Å². The fourth-order valence-electron chi connectivity index (χ4n) is 1.96. The van der Waals surface area contributed by atoms with Crippen LogP contribution in [0.1, 0.15) is 11.3 Å². The standard InChI is InChI=1S/C10H15FN2S/c11-8-4-9(5-12)13(6-8)7-10-2-1-3-14-10/h1-3,8-9H,4-7,12H2/t8-,9-/m1/s1. The van der Waals surface area contributed by atoms with E-state index in [1.807, 2.05) is 6.07 Å². The molecule has 4 heteroatoms. The largest absolute Gasteiger partial charge is 0.329 e. The second-order valence-electron chi connectivity index (χ2n) is 3.73. The summed E-state index contributed by atoms with van der Waals surface area (Å²) in [6.07, 6.45) is -0.0921. The van der Waals surface area contributed by atoms with Gasteiger partial charge in [-0.25, -0.2) is 4.39 Å². The molecule has 1 fully saturated rings. The van der Waals surface area contributed by atoms with Crippen molar-refractivity contribution in [2.75, 3.05) is 13.1 Å². The van der Waals surface area contributed by atoms with Gasteiger partial charge in [0.1, 0.15) is 6.17 Å². The molecule has 78 valence electrons. The minimum Gasteiger partial charge on any atom is -0.329 e. The molecule has 0 bridgehead atoms. The van der Waals surface area contributed by atoms with Crippen LogP contribution in [0.3, 0.4) is 0 Å². The maximum absolute atomic E-state index is 13.1. The van der Waals surface area contributed by atoms with Crippen molar-refractivity contribution in [2.45, 2.75) is 25.2 Å². The molecule has 0 amide bonds. The molecule has 2 heterocycles. The Labute approximate surface area is 87.5 Å². The van der Waals surface area contributed by atoms with Gasteiger partial charge in [-0.3, -0.25) is 4.90 Å². The first-order valence-electron chi connectivity index (χ1n) is 4.90. The van der Waals surface area contributed by atoms with E-state index in [-0.39, 0.29) is 6.04 Å². The SMILES string of the molecule is NC[C@H]1C[C@@H](F)CN1Cc1cccs1. The maximum Gasteiger partial charge on any atom is 0.114 e. The molecule has 0 spiro atoms. The fraction of sp³-hybridized carbons (Fsp3) is 0.600. The molecule has 0 unspecified atom stereocenters. The van der Waals surface area contributed by atoms with Crippen LogP contribution in [0, 0.1) is 0 Å². The van der Waals surface area contributed by atoms with Gasteiger partial charge in [-0.1, -0.05) is 6.07 Å². The number of thiophene rings is 1. The zero-order valence-corrected chi connectivity index (χ0v) is 8.84. The summed E-state index contributed by atoms with van der Waals surface area (Å²) in [5.74, 6) is 0. The Hall–Kier alpha value is -0.450. The highest BCUT2D eigenvalue weighted by Crippen LogP contribution is 2.23. The number of hydrogen-bond donors (Lipinski definition) is 1. The van der Waals surface area contributed by atoms with Crippen LogP contribution in [0.2, 0.25) is 0 Å². The van der Waals surface area contributed by atoms with Gasteiger partial charge in [-0.2, -0.15) is 0 Å². The number of rotatable bonds is 3. The van der Waals surface area contributed by atoms with E-state index in [1.54, 1.807) is 11.3 Å². The van der Waals surface area contributed by atoms with Crippen molar-refractivity contribution < 1.29 is 4.39 Å². The van der Waals surface area contributed by atoms with Gasteiger partial charge >= 0.3 is 0 Å². The topological polar surface area (TPSA) is 29.3 Å². The molecule has 0 radical (unpaired) electrons. The highest BCUT2D eigenvalue weighted by atomic mass is 32.1. The van der Waals surface area contributed by atoms with Crippen LogP contribution in [-0.4, -0.2) is 30.2 Å². The van der Waals surface area contributed by atoms with E-state index >= 15 is 0 Å². The van der Waals surface area contributed by atoms with E-state index in [2.05, 4.69) is 16.3 Å². The summed E-state index contributed by atoms with van der Waals surface area (Å²) >= 11 is 1.72. The van der Waals surface area contributed by atoms with Gasteiger partial charge in [-0.05, 0) is 17.9 Å². The molecular formula is C10H15FN2S. The smallest absolute Gasteiger partial charge is 0.114 e. The zero-order chi connectivity index (χ0) is 9.97. The second kappa shape index (κ2) is 4.38. The summed E-state index contributed by atoms with van der Waals surface area (Å²) in [5, 5.41) is 2.05. The van der Waals surface area contributed by atoms with Gasteiger partial charge in [0.25, 0.3) is 0 Å². The van der Waals surface area contributed by atoms with Gasteiger partial charge in [0, 0.05) is 30.6 Å². The van der Waals surface area contributed by atoms with Crippen molar-refractivity contribution in [2.24, 2.45) is 5.73 Å². The van der Waals surface area contributed by atoms with Gasteiger partial charge < -0.3 is 5.73 Å². The molecule has 1 aromatic heterocycles. The maximum atomic E-state index is 13.1. The molecule has 0 aliphatic carbocycles. The molecule has 2 N–H and O–H groups in total. The average molecular weight is 214 g/mol. The van der Waals surface area contributed by atoms with Crippen molar-refractivity contribution in [3.05, 3.63) is 22.4 Å². The molecule has 1 aliphatic rings. The normalized spacial score (nSPS) is 28.4. The van der Waals surface area contributed by atoms with Crippen LogP contribution in [0.25, 0.3) is 0 Å². The van der Waals surface area contributed by atoms with Gasteiger partial charge in [-0.15, -0.1) is 11.3 Å². The van der Waals surface area contributed by atoms with Crippen LogP contribution >= 0.6 is 11.3 Å². The Morgan fingerprint density at radius 3 is 3.14 bits per heavy atom. The lowest BCUT2D eigenvalue weighted by Gasteiger charge is -2.21. The van der Waals surface area contributed by atoms with E-state index in [1.165, 1.54) is 4.88 Å². The Morgan fingerprint density at radius 1 is 1.64 bits per heavy atom. The first kappa shape index (κ1) is 10.1. The van der Waals surface area contributed by atoms with E-state index in [4.69, 9.17) is 5.73 Å². The average Bonchev–Trinajstić information content (AvgIpc) is 2.76. The second-order valence-corrected chi connectivity index (χ2v) is 4.76. The molecule has 1 aliphatic heterocycles. The fourth-order valence-corrected chi connectivity index (χ4v) is 2.69. The molecule has 2 atom stereocenters. The van der Waals surface area contributed by atoms with Crippen molar-refractivity contribution in [3.8, 4) is 0 Å². The molecule has 1 saturated heterocycles. The Morgan fingerprint density at radius 2 is 2.50 bits per heavy atom. The summed E-state index contributed by atoms with van der Waals surface area (Å²) in [5.41, 5.74) is 5.61. The van der Waals surface area contributed by atoms with Crippen LogP contribution in [-0.2, 0) is 6.54 Å². The molecule has 2 nitrogen and oxygen atoms in total. The highest BCUT2D eigenvalue weighted by Gasteiger charge is 2.30. The summed E-state index contributed by atoms with van der Waals surface area (Å²) in [6.45, 7) is 1.95. The third-order valence-electron chi connectivity index (χ3n) is 2.69. The summed E-state index contributed by atoms with van der Waals surface area (Å²) in [6, 6.07) is 4.34. The Balaban J connectivity index is 1.97. The number of likely N-dealkylation sites (tertiary alicyclic amines) is 1. The predicted molar refractivity (Wildman–Crippen MR) is 57.1 cm³/mol. The summed E-state index contributed by atoms with van der Waals surface area (Å²) in [7, 11) is 0. The minimum atomic E-state index is -0.691. The lowest BCUT2D eigenvalue weighted by molar-refractivity contribution is 0.240. The predicted octanol–water partition coefficient (Wildman–Crippen LogP) is 1.62. The highest BCUT2D eigenvalue weighted by molar-refractivity contribution is 7.09. The van der Waals surface area contributed by atoms with Crippen molar-refractivity contribution >= 4 is 11.3 Å². The molecule has 0 saturated carbocycles. The lowest BCUT2D eigenvalue weighted by atomic mass is 10.2. The lowest BCUT2D eigenvalue weighted by Crippen LogP contribution is -2.34. The molecule has 2 rings (SSSR count). The zero-order valence-electron chi connectivity index (χ0n) is 8.03. The monoisotopic (exact) mass is 214 g/mol. The molecule has 14 heavy (non-hydrogen) atoms. The van der Waals surface area contributed by atoms with Crippen molar-refractivity contribution in [1.29, 1.82) is 0 Å². The van der Waals surface area contributed by atoms with Crippen LogP contribution in [0.15, 0.2) is 17.5 Å². The Kier molecular flexibility index (Phi) is 3.15. The van der Waals surface area contributed by atoms with Crippen molar-refractivity contribution in [3.63, 3.8) is 0 Å². The van der Waals surface area contributed by atoms with Crippen LogP contribution in [0.5, 0.6) is 0 Å². The van der Waals surface area contributed by atoms with Gasteiger partial charge in [0.2, 0.25) is 0 Å². The number of hydrogen-bond acceptors (Lipinski definition) is 3. The minimum absolute atomic E-state index is 0.229. The molecular weight excluding hydrogens is 199 g/mol.